The van der Waals surface area contributed by atoms with E-state index in [1.165, 1.54) is 31.4 Å². The quantitative estimate of drug-likeness (QED) is 0.164. The van der Waals surface area contributed by atoms with Crippen LogP contribution in [0.25, 0.3) is 16.7 Å². The zero-order chi connectivity index (χ0) is 23.8. The minimum absolute atomic E-state index is 0.336. The minimum Gasteiger partial charge on any atom is -0.482 e. The summed E-state index contributed by atoms with van der Waals surface area (Å²) in [5.74, 6) is 0.375. The lowest BCUT2D eigenvalue weighted by Gasteiger charge is -2.11. The molecule has 4 rings (SSSR count). The average molecular weight is 578 g/mol. The van der Waals surface area contributed by atoms with Crippen LogP contribution in [0.4, 0.5) is 0 Å². The Hall–Kier alpha value is -3.03. The first-order chi connectivity index (χ1) is 16.6. The lowest BCUT2D eigenvalue weighted by molar-refractivity contribution is -0.139. The highest BCUT2D eigenvalue weighted by Gasteiger charge is 2.07. The van der Waals surface area contributed by atoms with E-state index in [2.05, 4.69) is 101 Å². The Morgan fingerprint density at radius 3 is 2.21 bits per heavy atom. The van der Waals surface area contributed by atoms with Crippen molar-refractivity contribution in [3.05, 3.63) is 124 Å². The van der Waals surface area contributed by atoms with Gasteiger partial charge in [-0.05, 0) is 86.8 Å². The van der Waals surface area contributed by atoms with Crippen molar-refractivity contribution < 1.29 is 14.6 Å². The van der Waals surface area contributed by atoms with Crippen LogP contribution in [0, 0.1) is 3.57 Å². The molecule has 5 heteroatoms. The number of aliphatic carboxylic acids is 1. The first-order valence-corrected chi connectivity index (χ1v) is 12.8. The molecule has 4 aromatic rings. The van der Waals surface area contributed by atoms with Crippen LogP contribution >= 0.6 is 34.4 Å². The molecule has 0 aliphatic carbocycles. The highest BCUT2D eigenvalue weighted by atomic mass is 127. The summed E-state index contributed by atoms with van der Waals surface area (Å²) in [6.07, 6.45) is 2.27. The molecule has 0 saturated carbocycles. The van der Waals surface area contributed by atoms with Crippen LogP contribution in [-0.4, -0.2) is 23.4 Å². The molecule has 0 bridgehead atoms. The maximum atomic E-state index is 10.7. The second kappa shape index (κ2) is 11.9. The Morgan fingerprint density at radius 1 is 0.824 bits per heavy atom. The van der Waals surface area contributed by atoms with Gasteiger partial charge < -0.3 is 9.84 Å². The molecule has 0 atom stereocenters. The van der Waals surface area contributed by atoms with Crippen LogP contribution in [0.5, 0.6) is 5.75 Å². The maximum absolute atomic E-state index is 10.7. The molecule has 0 radical (unpaired) electrons. The molecule has 0 saturated heterocycles. The van der Waals surface area contributed by atoms with Crippen molar-refractivity contribution in [1.82, 2.24) is 0 Å². The summed E-state index contributed by atoms with van der Waals surface area (Å²) in [6, 6.07) is 35.2. The Balaban J connectivity index is 1.53. The fraction of sp³-hybridized carbons (Fsp3) is 0.0690. The molecule has 170 valence electrons. The molecule has 0 aliphatic rings. The number of carboxylic acid groups (broad SMARTS) is 1. The van der Waals surface area contributed by atoms with E-state index in [1.807, 2.05) is 18.2 Å². The second-order valence-corrected chi connectivity index (χ2v) is 9.88. The standard InChI is InChI=1S/C29H23IO3S/c30-25-8-4-7-24(19-25)28(23-11-9-22(10-12-23)21-5-2-1-3-6-21)17-18-34-27-15-13-26(14-16-27)33-20-29(31)32/h1-17,19H,18,20H2,(H,31,32)/b28-17+. The van der Waals surface area contributed by atoms with Crippen molar-refractivity contribution in [2.45, 2.75) is 4.90 Å². The van der Waals surface area contributed by atoms with Crippen LogP contribution in [0.1, 0.15) is 11.1 Å². The van der Waals surface area contributed by atoms with E-state index in [1.54, 1.807) is 23.9 Å². The molecule has 0 heterocycles. The van der Waals surface area contributed by atoms with Crippen molar-refractivity contribution in [2.75, 3.05) is 12.4 Å². The smallest absolute Gasteiger partial charge is 0.341 e. The summed E-state index contributed by atoms with van der Waals surface area (Å²) in [6.45, 7) is -0.336. The van der Waals surface area contributed by atoms with Gasteiger partial charge in [-0.15, -0.1) is 11.8 Å². The highest BCUT2D eigenvalue weighted by Crippen LogP contribution is 2.29. The number of rotatable bonds is 9. The van der Waals surface area contributed by atoms with Crippen molar-refractivity contribution >= 4 is 45.9 Å². The number of hydrogen-bond acceptors (Lipinski definition) is 3. The monoisotopic (exact) mass is 578 g/mol. The average Bonchev–Trinajstić information content (AvgIpc) is 2.87. The van der Waals surface area contributed by atoms with Crippen molar-refractivity contribution in [1.29, 1.82) is 0 Å². The molecule has 0 unspecified atom stereocenters. The van der Waals surface area contributed by atoms with E-state index in [0.29, 0.717) is 5.75 Å². The summed E-state index contributed by atoms with van der Waals surface area (Å²) >= 11 is 4.08. The highest BCUT2D eigenvalue weighted by molar-refractivity contribution is 14.1. The number of thioether (sulfide) groups is 1. The molecule has 0 fully saturated rings. The van der Waals surface area contributed by atoms with Gasteiger partial charge in [-0.2, -0.15) is 0 Å². The van der Waals surface area contributed by atoms with Gasteiger partial charge in [-0.1, -0.05) is 72.8 Å². The number of benzene rings is 4. The van der Waals surface area contributed by atoms with Gasteiger partial charge in [0.25, 0.3) is 0 Å². The van der Waals surface area contributed by atoms with Gasteiger partial charge in [0.1, 0.15) is 5.75 Å². The van der Waals surface area contributed by atoms with Crippen molar-refractivity contribution in [2.24, 2.45) is 0 Å². The third kappa shape index (κ3) is 6.74. The van der Waals surface area contributed by atoms with Crippen LogP contribution < -0.4 is 4.74 Å². The van der Waals surface area contributed by atoms with E-state index >= 15 is 0 Å². The van der Waals surface area contributed by atoms with Gasteiger partial charge >= 0.3 is 5.97 Å². The molecule has 0 aromatic heterocycles. The van der Waals surface area contributed by atoms with E-state index in [4.69, 9.17) is 9.84 Å². The van der Waals surface area contributed by atoms with Gasteiger partial charge in [0.2, 0.25) is 0 Å². The number of hydrogen-bond donors (Lipinski definition) is 1. The largest absolute Gasteiger partial charge is 0.482 e. The molecule has 3 nitrogen and oxygen atoms in total. The van der Waals surface area contributed by atoms with Gasteiger partial charge in [-0.3, -0.25) is 0 Å². The molecular formula is C29H23IO3S. The van der Waals surface area contributed by atoms with Crippen LogP contribution in [0.15, 0.2) is 114 Å². The zero-order valence-corrected chi connectivity index (χ0v) is 21.3. The Kier molecular flexibility index (Phi) is 8.44. The first kappa shape index (κ1) is 24.1. The van der Waals surface area contributed by atoms with E-state index in [9.17, 15) is 4.79 Å². The van der Waals surface area contributed by atoms with Gasteiger partial charge in [0, 0.05) is 14.2 Å². The first-order valence-electron chi connectivity index (χ1n) is 10.8. The Labute approximate surface area is 217 Å². The van der Waals surface area contributed by atoms with Crippen molar-refractivity contribution in [3.63, 3.8) is 0 Å². The van der Waals surface area contributed by atoms with E-state index in [0.717, 1.165) is 10.6 Å². The number of carboxylic acids is 1. The molecule has 0 aliphatic heterocycles. The van der Waals surface area contributed by atoms with Gasteiger partial charge in [-0.25, -0.2) is 4.79 Å². The van der Waals surface area contributed by atoms with Crippen LogP contribution in [0.3, 0.4) is 0 Å². The third-order valence-electron chi connectivity index (χ3n) is 5.16. The number of halogens is 1. The molecule has 1 N–H and O–H groups in total. The van der Waals surface area contributed by atoms with E-state index < -0.39 is 5.97 Å². The zero-order valence-electron chi connectivity index (χ0n) is 18.4. The lowest BCUT2D eigenvalue weighted by Crippen LogP contribution is -2.09. The fourth-order valence-electron chi connectivity index (χ4n) is 3.53. The summed E-state index contributed by atoms with van der Waals surface area (Å²) in [5.41, 5.74) is 5.98. The van der Waals surface area contributed by atoms with E-state index in [-0.39, 0.29) is 6.61 Å². The summed E-state index contributed by atoms with van der Waals surface area (Å²) in [4.78, 5) is 11.8. The Bertz CT molecular complexity index is 1270. The maximum Gasteiger partial charge on any atom is 0.341 e. The van der Waals surface area contributed by atoms with Crippen molar-refractivity contribution in [3.8, 4) is 16.9 Å². The summed E-state index contributed by atoms with van der Waals surface area (Å²) in [5, 5.41) is 8.74. The normalized spacial score (nSPS) is 11.3. The molecule has 4 aromatic carbocycles. The predicted octanol–water partition coefficient (Wildman–Crippen LogP) is 7.65. The van der Waals surface area contributed by atoms with Crippen LogP contribution in [0.2, 0.25) is 0 Å². The lowest BCUT2D eigenvalue weighted by atomic mass is 9.95. The van der Waals surface area contributed by atoms with Gasteiger partial charge in [0.15, 0.2) is 6.61 Å². The molecule has 34 heavy (non-hydrogen) atoms. The van der Waals surface area contributed by atoms with Gasteiger partial charge in [0.05, 0.1) is 0 Å². The molecule has 0 amide bonds. The number of ether oxygens (including phenoxy) is 1. The van der Waals surface area contributed by atoms with Crippen LogP contribution in [-0.2, 0) is 4.79 Å². The third-order valence-corrected chi connectivity index (χ3v) is 6.77. The SMILES string of the molecule is O=C(O)COc1ccc(SC/C=C(\c2ccc(-c3ccccc3)cc2)c2cccc(I)c2)cc1. The second-order valence-electron chi connectivity index (χ2n) is 7.54. The fourth-order valence-corrected chi connectivity index (χ4v) is 4.84. The molecular weight excluding hydrogens is 555 g/mol. The predicted molar refractivity (Wildman–Crippen MR) is 148 cm³/mol. The molecule has 0 spiro atoms. The summed E-state index contributed by atoms with van der Waals surface area (Å²) in [7, 11) is 0. The minimum atomic E-state index is -0.983. The topological polar surface area (TPSA) is 46.5 Å². The Morgan fingerprint density at radius 2 is 1.53 bits per heavy atom. The number of carbonyl (C=O) groups is 1. The summed E-state index contributed by atoms with van der Waals surface area (Å²) < 4.78 is 6.41.